The van der Waals surface area contributed by atoms with E-state index < -0.39 is 17.9 Å². The van der Waals surface area contributed by atoms with Gasteiger partial charge in [0, 0.05) is 18.6 Å². The minimum absolute atomic E-state index is 0.108. The van der Waals surface area contributed by atoms with E-state index in [0.717, 1.165) is 12.1 Å². The molecule has 1 aliphatic rings. The molecular formula is C12H26N2OSi2. The lowest BCUT2D eigenvalue weighted by molar-refractivity contribution is -0.120. The fourth-order valence-corrected chi connectivity index (χ4v) is 8.12. The molecule has 17 heavy (non-hydrogen) atoms. The van der Waals surface area contributed by atoms with Gasteiger partial charge in [-0.1, -0.05) is 40.0 Å². The van der Waals surface area contributed by atoms with Crippen LogP contribution in [0, 0.1) is 5.41 Å². The van der Waals surface area contributed by atoms with E-state index in [1.165, 1.54) is 0 Å². The number of nitrogens with zero attached hydrogens (tertiary/aromatic N) is 2. The second-order valence-corrected chi connectivity index (χ2v) is 12.5. The highest BCUT2D eigenvalue weighted by atomic mass is 28.3. The molecule has 0 atom stereocenters. The molecule has 0 spiro atoms. The third kappa shape index (κ3) is 4.39. The van der Waals surface area contributed by atoms with Crippen LogP contribution in [0.25, 0.3) is 0 Å². The Bertz CT molecular complexity index is 316. The molecule has 0 aromatic heterocycles. The number of hydrogen-bond acceptors (Lipinski definition) is 3. The van der Waals surface area contributed by atoms with Crippen LogP contribution in [-0.2, 0) is 4.79 Å². The first kappa shape index (κ1) is 14.6. The van der Waals surface area contributed by atoms with E-state index in [1.54, 1.807) is 0 Å². The van der Waals surface area contributed by atoms with Gasteiger partial charge >= 0.3 is 0 Å². The van der Waals surface area contributed by atoms with Crippen molar-refractivity contribution in [3.05, 3.63) is 0 Å². The first-order valence-corrected chi connectivity index (χ1v) is 12.2. The average molecular weight is 271 g/mol. The van der Waals surface area contributed by atoms with E-state index in [4.69, 9.17) is 5.10 Å². The van der Waals surface area contributed by atoms with Gasteiger partial charge in [0.05, 0.1) is 0 Å². The summed E-state index contributed by atoms with van der Waals surface area (Å²) >= 11 is 0. The number of hydrazone groups is 1. The predicted molar refractivity (Wildman–Crippen MR) is 79.7 cm³/mol. The van der Waals surface area contributed by atoms with Crippen molar-refractivity contribution in [1.82, 2.24) is 4.34 Å². The third-order valence-electron chi connectivity index (χ3n) is 3.07. The fraction of sp³-hybridized carbons (Fsp3) is 0.833. The topological polar surface area (TPSA) is 32.7 Å². The van der Waals surface area contributed by atoms with E-state index in [-0.39, 0.29) is 5.41 Å². The number of hydrogen-bond donors (Lipinski definition) is 0. The van der Waals surface area contributed by atoms with Gasteiger partial charge in [0.1, 0.15) is 23.7 Å². The van der Waals surface area contributed by atoms with Crippen molar-refractivity contribution in [3.8, 4) is 0 Å². The molecule has 3 nitrogen and oxygen atoms in total. The Morgan fingerprint density at radius 3 is 2.06 bits per heavy atom. The van der Waals surface area contributed by atoms with Gasteiger partial charge in [-0.2, -0.15) is 0 Å². The summed E-state index contributed by atoms with van der Waals surface area (Å²) in [6.07, 6.45) is 2.28. The molecule has 1 rings (SSSR count). The van der Waals surface area contributed by atoms with Crippen LogP contribution in [0.2, 0.25) is 26.2 Å². The lowest BCUT2D eigenvalue weighted by Gasteiger charge is -2.33. The molecule has 0 saturated heterocycles. The van der Waals surface area contributed by atoms with Crippen LogP contribution in [0.15, 0.2) is 5.10 Å². The van der Waals surface area contributed by atoms with Crippen molar-refractivity contribution in [2.24, 2.45) is 10.5 Å². The average Bonchev–Trinajstić information content (AvgIpc) is 2.09. The van der Waals surface area contributed by atoms with Crippen LogP contribution in [0.3, 0.4) is 0 Å². The molecule has 0 N–H and O–H groups in total. The highest BCUT2D eigenvalue weighted by Gasteiger charge is 2.31. The summed E-state index contributed by atoms with van der Waals surface area (Å²) < 4.78 is 2.38. The van der Waals surface area contributed by atoms with Crippen molar-refractivity contribution >= 4 is 29.4 Å². The SMILES string of the molecule is C[SiH](C)N(N=C1CC(=O)CC(C)(C)C1)[SiH](C)C. The van der Waals surface area contributed by atoms with Crippen LogP contribution < -0.4 is 0 Å². The Hall–Kier alpha value is -0.426. The second kappa shape index (κ2) is 5.48. The smallest absolute Gasteiger partial charge is 0.144 e. The zero-order valence-corrected chi connectivity index (χ0v) is 14.4. The second-order valence-electron chi connectivity index (χ2n) is 6.47. The van der Waals surface area contributed by atoms with Gasteiger partial charge in [-0.25, -0.2) is 5.10 Å². The summed E-state index contributed by atoms with van der Waals surface area (Å²) in [6, 6.07) is 0. The largest absolute Gasteiger partial charge is 0.355 e. The van der Waals surface area contributed by atoms with Gasteiger partial charge < -0.3 is 4.34 Å². The molecule has 98 valence electrons. The van der Waals surface area contributed by atoms with Crippen LogP contribution in [-0.4, -0.2) is 33.8 Å². The molecule has 1 saturated carbocycles. The van der Waals surface area contributed by atoms with Crippen LogP contribution >= 0.6 is 0 Å². The maximum atomic E-state index is 11.7. The van der Waals surface area contributed by atoms with E-state index in [9.17, 15) is 4.79 Å². The summed E-state index contributed by atoms with van der Waals surface area (Å²) in [5.74, 6) is 0.357. The van der Waals surface area contributed by atoms with Crippen LogP contribution in [0.5, 0.6) is 0 Å². The van der Waals surface area contributed by atoms with E-state index >= 15 is 0 Å². The van der Waals surface area contributed by atoms with Gasteiger partial charge in [-0.3, -0.25) is 4.79 Å². The number of ketones is 1. The monoisotopic (exact) mass is 270 g/mol. The highest BCUT2D eigenvalue weighted by Crippen LogP contribution is 2.32. The van der Waals surface area contributed by atoms with Gasteiger partial charge in [-0.15, -0.1) is 0 Å². The molecular weight excluding hydrogens is 244 g/mol. The number of Topliss-reactive ketones (excluding diaryl/α,β-unsaturated/α-hetero) is 1. The zero-order valence-electron chi connectivity index (χ0n) is 12.1. The molecule has 0 radical (unpaired) electrons. The molecule has 0 aliphatic heterocycles. The molecule has 0 heterocycles. The normalized spacial score (nSPS) is 22.6. The van der Waals surface area contributed by atoms with Gasteiger partial charge in [-0.05, 0) is 11.8 Å². The summed E-state index contributed by atoms with van der Waals surface area (Å²) in [6.45, 7) is 13.6. The van der Waals surface area contributed by atoms with Crippen LogP contribution in [0.4, 0.5) is 0 Å². The third-order valence-corrected chi connectivity index (χ3v) is 9.00. The summed E-state index contributed by atoms with van der Waals surface area (Å²) in [4.78, 5) is 11.7. The molecule has 0 aromatic rings. The maximum Gasteiger partial charge on any atom is 0.144 e. The van der Waals surface area contributed by atoms with Gasteiger partial charge in [0.25, 0.3) is 0 Å². The summed E-state index contributed by atoms with van der Waals surface area (Å²) in [7, 11) is -1.76. The minimum Gasteiger partial charge on any atom is -0.355 e. The van der Waals surface area contributed by atoms with Crippen molar-refractivity contribution in [1.29, 1.82) is 0 Å². The molecule has 0 amide bonds. The van der Waals surface area contributed by atoms with Gasteiger partial charge in [0.15, 0.2) is 0 Å². The van der Waals surface area contributed by atoms with Crippen molar-refractivity contribution in [3.63, 3.8) is 0 Å². The fourth-order valence-electron chi connectivity index (χ4n) is 2.56. The molecule has 1 fully saturated rings. The van der Waals surface area contributed by atoms with E-state index in [2.05, 4.69) is 44.4 Å². The van der Waals surface area contributed by atoms with Crippen LogP contribution in [0.1, 0.15) is 33.1 Å². The van der Waals surface area contributed by atoms with Gasteiger partial charge in [0.2, 0.25) is 0 Å². The first-order valence-electron chi connectivity index (χ1n) is 6.57. The molecule has 0 bridgehead atoms. The number of rotatable bonds is 3. The minimum atomic E-state index is -0.881. The van der Waals surface area contributed by atoms with E-state index in [0.29, 0.717) is 18.6 Å². The quantitative estimate of drug-likeness (QED) is 0.583. The zero-order chi connectivity index (χ0) is 13.2. The molecule has 5 heteroatoms. The predicted octanol–water partition coefficient (Wildman–Crippen LogP) is 2.39. The maximum absolute atomic E-state index is 11.7. The highest BCUT2D eigenvalue weighted by molar-refractivity contribution is 6.69. The molecule has 0 aromatic carbocycles. The number of carbonyl (C=O) groups is 1. The lowest BCUT2D eigenvalue weighted by atomic mass is 9.76. The Kier molecular flexibility index (Phi) is 4.72. The Morgan fingerprint density at radius 1 is 1.12 bits per heavy atom. The Labute approximate surface area is 109 Å². The van der Waals surface area contributed by atoms with Crippen molar-refractivity contribution in [2.75, 3.05) is 0 Å². The summed E-state index contributed by atoms with van der Waals surface area (Å²) in [5, 5.41) is 4.83. The number of carbonyl (C=O) groups excluding carboxylic acids is 1. The summed E-state index contributed by atoms with van der Waals surface area (Å²) in [5.41, 5.74) is 1.23. The first-order chi connectivity index (χ1) is 7.71. The Balaban J connectivity index is 2.86. The lowest BCUT2D eigenvalue weighted by Crippen LogP contribution is -2.41. The molecule has 1 aliphatic carbocycles. The molecule has 0 unspecified atom stereocenters. The van der Waals surface area contributed by atoms with Crippen molar-refractivity contribution in [2.45, 2.75) is 59.3 Å². The van der Waals surface area contributed by atoms with Crippen molar-refractivity contribution < 1.29 is 4.79 Å². The van der Waals surface area contributed by atoms with E-state index in [1.807, 2.05) is 0 Å². The Morgan fingerprint density at radius 2 is 1.65 bits per heavy atom. The standard InChI is InChI=1S/C12H26N2OSi2/c1-12(2)8-10(7-11(15)9-12)13-14(16(3)4)17(5)6/h16-17H,7-9H2,1-6H3.